The number of aliphatic hydroxyl groups excluding tert-OH is 1. The summed E-state index contributed by atoms with van der Waals surface area (Å²) in [6.45, 7) is 6.19. The highest BCUT2D eigenvalue weighted by Gasteiger charge is 2.05. The summed E-state index contributed by atoms with van der Waals surface area (Å²) < 4.78 is 1.85. The fourth-order valence-corrected chi connectivity index (χ4v) is 3.22. The lowest BCUT2D eigenvalue weighted by Crippen LogP contribution is -2.24. The van der Waals surface area contributed by atoms with Gasteiger partial charge in [-0.1, -0.05) is 57.6 Å². The van der Waals surface area contributed by atoms with Gasteiger partial charge in [-0.2, -0.15) is 0 Å². The predicted molar refractivity (Wildman–Crippen MR) is 114 cm³/mol. The summed E-state index contributed by atoms with van der Waals surface area (Å²) in [7, 11) is 0. The maximum Gasteiger partial charge on any atom is 0.238 e. The second-order valence-corrected chi connectivity index (χ2v) is 7.65. The number of hydrogen-bond acceptors (Lipinski definition) is 2. The van der Waals surface area contributed by atoms with E-state index >= 15 is 0 Å². The highest BCUT2D eigenvalue weighted by molar-refractivity contribution is 5.83. The molecule has 1 rings (SSSR count). The molecule has 0 saturated heterocycles. The molecule has 0 aliphatic rings. The second kappa shape index (κ2) is 14.5. The van der Waals surface area contributed by atoms with E-state index in [1.54, 1.807) is 0 Å². The first kappa shape index (κ1) is 23.5. The molecule has 0 aromatic carbocycles. The van der Waals surface area contributed by atoms with Gasteiger partial charge in [0.1, 0.15) is 0 Å². The largest absolute Gasteiger partial charge is 0.393 e. The van der Waals surface area contributed by atoms with Crippen molar-refractivity contribution in [2.75, 3.05) is 5.43 Å². The van der Waals surface area contributed by atoms with Crippen LogP contribution in [0.4, 0.5) is 0 Å². The molecule has 0 aliphatic carbocycles. The first-order chi connectivity index (χ1) is 13.0. The molecule has 1 aromatic heterocycles. The van der Waals surface area contributed by atoms with E-state index in [9.17, 15) is 9.90 Å². The van der Waals surface area contributed by atoms with Crippen LogP contribution < -0.4 is 5.43 Å². The van der Waals surface area contributed by atoms with Crippen molar-refractivity contribution in [1.29, 1.82) is 0 Å². The number of rotatable bonds is 15. The van der Waals surface area contributed by atoms with Crippen LogP contribution in [0.25, 0.3) is 0 Å². The standard InChI is InChI=1S/C23H40N2O2/c1-4-5-6-12-15-22(26)16-13-10-8-7-9-11-14-17-23(27)24-25-20(2)18-19-21(25)3/h10,13,18-19,22,26H,4-9,11-12,14-17H2,1-3H3,(H,24,27)/b13-10-. The topological polar surface area (TPSA) is 54.3 Å². The van der Waals surface area contributed by atoms with E-state index in [4.69, 9.17) is 0 Å². The number of nitrogens with one attached hydrogen (secondary N) is 1. The highest BCUT2D eigenvalue weighted by Crippen LogP contribution is 2.10. The Kier molecular flexibility index (Phi) is 12.6. The lowest BCUT2D eigenvalue weighted by Gasteiger charge is -2.11. The summed E-state index contributed by atoms with van der Waals surface area (Å²) in [4.78, 5) is 12.0. The summed E-state index contributed by atoms with van der Waals surface area (Å²) in [5.41, 5.74) is 5.06. The lowest BCUT2D eigenvalue weighted by atomic mass is 10.1. The van der Waals surface area contributed by atoms with Crippen molar-refractivity contribution in [3.8, 4) is 0 Å². The molecule has 1 aromatic rings. The number of amides is 1. The number of hydrogen-bond donors (Lipinski definition) is 2. The van der Waals surface area contributed by atoms with Crippen LogP contribution in [0, 0.1) is 13.8 Å². The number of allylic oxidation sites excluding steroid dienone is 1. The maximum atomic E-state index is 12.0. The van der Waals surface area contributed by atoms with Gasteiger partial charge in [-0.05, 0) is 58.1 Å². The fourth-order valence-electron chi connectivity index (χ4n) is 3.22. The van der Waals surface area contributed by atoms with Crippen LogP contribution in [0.3, 0.4) is 0 Å². The van der Waals surface area contributed by atoms with Gasteiger partial charge in [0.25, 0.3) is 0 Å². The number of aliphatic hydroxyl groups is 1. The Morgan fingerprint density at radius 1 is 1.04 bits per heavy atom. The Labute approximate surface area is 166 Å². The smallest absolute Gasteiger partial charge is 0.238 e. The van der Waals surface area contributed by atoms with Gasteiger partial charge in [0, 0.05) is 17.8 Å². The van der Waals surface area contributed by atoms with E-state index in [1.165, 1.54) is 19.3 Å². The third kappa shape index (κ3) is 11.0. The molecule has 27 heavy (non-hydrogen) atoms. The normalized spacial score (nSPS) is 12.6. The quantitative estimate of drug-likeness (QED) is 0.300. The molecular formula is C23H40N2O2. The average Bonchev–Trinajstić information content (AvgIpc) is 2.96. The van der Waals surface area contributed by atoms with Gasteiger partial charge in [0.05, 0.1) is 6.10 Å². The molecule has 2 N–H and O–H groups in total. The van der Waals surface area contributed by atoms with E-state index in [-0.39, 0.29) is 12.0 Å². The SMILES string of the molecule is CCCCCCC(O)C/C=C\CCCCCCC(=O)Nn1c(C)ccc1C. The Morgan fingerprint density at radius 3 is 2.41 bits per heavy atom. The highest BCUT2D eigenvalue weighted by atomic mass is 16.3. The van der Waals surface area contributed by atoms with Gasteiger partial charge in [-0.25, -0.2) is 0 Å². The van der Waals surface area contributed by atoms with Crippen LogP contribution in [0.1, 0.15) is 95.4 Å². The van der Waals surface area contributed by atoms with Gasteiger partial charge >= 0.3 is 0 Å². The molecule has 1 unspecified atom stereocenters. The van der Waals surface area contributed by atoms with Crippen LogP contribution in [0.15, 0.2) is 24.3 Å². The lowest BCUT2D eigenvalue weighted by molar-refractivity contribution is -0.117. The van der Waals surface area contributed by atoms with Gasteiger partial charge in [0.15, 0.2) is 0 Å². The van der Waals surface area contributed by atoms with Crippen molar-refractivity contribution in [3.63, 3.8) is 0 Å². The van der Waals surface area contributed by atoms with Crippen molar-refractivity contribution in [2.24, 2.45) is 0 Å². The first-order valence-corrected chi connectivity index (χ1v) is 10.8. The number of aryl methyl sites for hydroxylation is 2. The summed E-state index contributed by atoms with van der Waals surface area (Å²) >= 11 is 0. The maximum absolute atomic E-state index is 12.0. The average molecular weight is 377 g/mol. The summed E-state index contributed by atoms with van der Waals surface area (Å²) in [6, 6.07) is 4.02. The van der Waals surface area contributed by atoms with E-state index in [2.05, 4.69) is 24.5 Å². The minimum atomic E-state index is -0.177. The molecule has 0 fully saturated rings. The van der Waals surface area contributed by atoms with Gasteiger partial charge in [-0.15, -0.1) is 0 Å². The minimum absolute atomic E-state index is 0.0882. The fraction of sp³-hybridized carbons (Fsp3) is 0.696. The number of unbranched alkanes of at least 4 members (excludes halogenated alkanes) is 7. The third-order valence-corrected chi connectivity index (χ3v) is 5.00. The number of carbonyl (C=O) groups is 1. The molecule has 154 valence electrons. The zero-order valence-electron chi connectivity index (χ0n) is 17.7. The van der Waals surface area contributed by atoms with E-state index in [1.807, 2.05) is 30.7 Å². The molecule has 4 heteroatoms. The minimum Gasteiger partial charge on any atom is -0.393 e. The van der Waals surface area contributed by atoms with Gasteiger partial charge < -0.3 is 5.11 Å². The van der Waals surface area contributed by atoms with Crippen molar-refractivity contribution >= 4 is 5.91 Å². The first-order valence-electron chi connectivity index (χ1n) is 10.8. The van der Waals surface area contributed by atoms with E-state index < -0.39 is 0 Å². The van der Waals surface area contributed by atoms with Gasteiger partial charge in [-0.3, -0.25) is 14.9 Å². The van der Waals surface area contributed by atoms with Gasteiger partial charge in [0.2, 0.25) is 5.91 Å². The monoisotopic (exact) mass is 376 g/mol. The number of nitrogens with zero attached hydrogens (tertiary/aromatic N) is 1. The van der Waals surface area contributed by atoms with Crippen molar-refractivity contribution < 1.29 is 9.90 Å². The van der Waals surface area contributed by atoms with Crippen molar-refractivity contribution in [3.05, 3.63) is 35.7 Å². The van der Waals surface area contributed by atoms with Crippen LogP contribution in [-0.4, -0.2) is 21.8 Å². The number of carbonyl (C=O) groups excluding carboxylic acids is 1. The Morgan fingerprint density at radius 2 is 1.70 bits per heavy atom. The van der Waals surface area contributed by atoms with E-state index in [0.29, 0.717) is 6.42 Å². The Hall–Kier alpha value is -1.55. The zero-order chi connectivity index (χ0) is 19.9. The molecule has 0 aliphatic heterocycles. The molecule has 0 radical (unpaired) electrons. The summed E-state index contributed by atoms with van der Waals surface area (Å²) in [5, 5.41) is 9.91. The van der Waals surface area contributed by atoms with Crippen LogP contribution in [0.2, 0.25) is 0 Å². The molecule has 1 heterocycles. The predicted octanol–water partition coefficient (Wildman–Crippen LogP) is 5.79. The molecule has 1 atom stereocenters. The van der Waals surface area contributed by atoms with Crippen LogP contribution in [0.5, 0.6) is 0 Å². The van der Waals surface area contributed by atoms with Crippen LogP contribution in [-0.2, 0) is 4.79 Å². The molecule has 0 bridgehead atoms. The van der Waals surface area contributed by atoms with Crippen molar-refractivity contribution in [2.45, 2.75) is 104 Å². The summed E-state index contributed by atoms with van der Waals surface area (Å²) in [6.07, 6.45) is 16.7. The molecular weight excluding hydrogens is 336 g/mol. The van der Waals surface area contributed by atoms with Crippen LogP contribution >= 0.6 is 0 Å². The third-order valence-electron chi connectivity index (χ3n) is 5.00. The summed E-state index contributed by atoms with van der Waals surface area (Å²) in [5.74, 6) is 0.0882. The van der Waals surface area contributed by atoms with E-state index in [0.717, 1.165) is 62.8 Å². The zero-order valence-corrected chi connectivity index (χ0v) is 17.7. The van der Waals surface area contributed by atoms with Crippen molar-refractivity contribution in [1.82, 2.24) is 4.68 Å². The molecule has 0 saturated carbocycles. The Bertz CT molecular complexity index is 529. The second-order valence-electron chi connectivity index (χ2n) is 7.65. The number of aromatic nitrogens is 1. The molecule has 0 spiro atoms. The Balaban J connectivity index is 1.97. The molecule has 1 amide bonds. The molecule has 4 nitrogen and oxygen atoms in total.